The van der Waals surface area contributed by atoms with Crippen molar-refractivity contribution in [2.75, 3.05) is 13.7 Å². The van der Waals surface area contributed by atoms with Crippen molar-refractivity contribution in [3.8, 4) is 22.9 Å². The molecule has 7 heteroatoms. The van der Waals surface area contributed by atoms with Crippen molar-refractivity contribution in [2.24, 2.45) is 0 Å². The van der Waals surface area contributed by atoms with Gasteiger partial charge in [0, 0.05) is 18.2 Å². The predicted molar refractivity (Wildman–Crippen MR) is 138 cm³/mol. The number of aromatic nitrogens is 1. The molecule has 0 spiro atoms. The third-order valence-corrected chi connectivity index (χ3v) is 7.11. The van der Waals surface area contributed by atoms with Crippen molar-refractivity contribution in [1.29, 1.82) is 0 Å². The van der Waals surface area contributed by atoms with Crippen LogP contribution >= 0.6 is 0 Å². The van der Waals surface area contributed by atoms with Crippen LogP contribution in [0.25, 0.3) is 11.1 Å². The minimum Gasteiger partial charge on any atom is -0.481 e. The molecule has 7 nitrogen and oxygen atoms in total. The number of carboxylic acids is 1. The average Bonchev–Trinajstić information content (AvgIpc) is 2.89. The first-order valence-electron chi connectivity index (χ1n) is 12.3. The molecule has 2 N–H and O–H groups in total. The van der Waals surface area contributed by atoms with E-state index in [1.165, 1.54) is 0 Å². The van der Waals surface area contributed by atoms with Crippen molar-refractivity contribution in [1.82, 2.24) is 9.88 Å². The Balaban J connectivity index is 1.50. The summed E-state index contributed by atoms with van der Waals surface area (Å²) < 4.78 is 11.6. The Kier molecular flexibility index (Phi) is 8.23. The molecule has 1 fully saturated rings. The molecule has 1 aliphatic rings. The van der Waals surface area contributed by atoms with Crippen LogP contribution in [-0.4, -0.2) is 45.8 Å². The number of ether oxygens (including phenoxy) is 2. The van der Waals surface area contributed by atoms with Crippen molar-refractivity contribution >= 4 is 5.97 Å². The van der Waals surface area contributed by atoms with Crippen LogP contribution < -0.4 is 9.47 Å². The van der Waals surface area contributed by atoms with Gasteiger partial charge in [-0.25, -0.2) is 0 Å². The minimum atomic E-state index is -0.780. The molecule has 190 valence electrons. The van der Waals surface area contributed by atoms with Crippen LogP contribution in [0.15, 0.2) is 48.5 Å². The predicted octanol–water partition coefficient (Wildman–Crippen LogP) is 4.88. The van der Waals surface area contributed by atoms with E-state index >= 15 is 0 Å². The number of aliphatic carboxylic acids is 1. The van der Waals surface area contributed by atoms with E-state index in [4.69, 9.17) is 9.47 Å². The van der Waals surface area contributed by atoms with Gasteiger partial charge >= 0.3 is 5.97 Å². The van der Waals surface area contributed by atoms with Crippen molar-refractivity contribution < 1.29 is 24.5 Å². The molecule has 3 aromatic rings. The lowest BCUT2D eigenvalue weighted by molar-refractivity contribution is -0.144. The molecule has 4 rings (SSSR count). The fraction of sp³-hybridized carbons (Fsp3) is 0.379. The Morgan fingerprint density at radius 1 is 1.00 bits per heavy atom. The van der Waals surface area contributed by atoms with E-state index in [2.05, 4.69) is 24.0 Å². The largest absolute Gasteiger partial charge is 0.481 e. The molecule has 2 heterocycles. The molecule has 1 aliphatic heterocycles. The molecule has 1 atom stereocenters. The number of benzene rings is 2. The summed E-state index contributed by atoms with van der Waals surface area (Å²) in [4.78, 5) is 18.2. The Labute approximate surface area is 212 Å². The maximum absolute atomic E-state index is 11.7. The number of carbonyl (C=O) groups is 1. The zero-order chi connectivity index (χ0) is 25.7. The van der Waals surface area contributed by atoms with E-state index in [0.717, 1.165) is 58.3 Å². The van der Waals surface area contributed by atoms with Gasteiger partial charge in [-0.3, -0.25) is 9.69 Å². The highest BCUT2D eigenvalue weighted by Gasteiger charge is 2.29. The molecule has 0 bridgehead atoms. The van der Waals surface area contributed by atoms with E-state index in [9.17, 15) is 15.0 Å². The van der Waals surface area contributed by atoms with E-state index in [1.807, 2.05) is 48.2 Å². The number of likely N-dealkylation sites (tertiary alicyclic amines) is 1. The van der Waals surface area contributed by atoms with Gasteiger partial charge in [0.1, 0.15) is 12.6 Å². The second-order valence-corrected chi connectivity index (χ2v) is 9.26. The number of hydrogen-bond donors (Lipinski definition) is 2. The second kappa shape index (κ2) is 11.5. The lowest BCUT2D eigenvalue weighted by Crippen LogP contribution is -2.44. The van der Waals surface area contributed by atoms with Gasteiger partial charge in [0.25, 0.3) is 0 Å². The Bertz CT molecular complexity index is 1230. The van der Waals surface area contributed by atoms with E-state index in [0.29, 0.717) is 31.3 Å². The van der Waals surface area contributed by atoms with Gasteiger partial charge in [0.15, 0.2) is 0 Å². The van der Waals surface area contributed by atoms with Crippen LogP contribution in [0.3, 0.4) is 0 Å². The highest BCUT2D eigenvalue weighted by molar-refractivity contribution is 5.73. The van der Waals surface area contributed by atoms with Gasteiger partial charge in [-0.1, -0.05) is 42.8 Å². The van der Waals surface area contributed by atoms with Gasteiger partial charge in [-0.2, -0.15) is 4.98 Å². The summed E-state index contributed by atoms with van der Waals surface area (Å²) >= 11 is 0. The summed E-state index contributed by atoms with van der Waals surface area (Å²) in [5.74, 6) is 0.119. The van der Waals surface area contributed by atoms with Crippen molar-refractivity contribution in [3.63, 3.8) is 0 Å². The van der Waals surface area contributed by atoms with Crippen LogP contribution in [0, 0.1) is 13.8 Å². The van der Waals surface area contributed by atoms with Gasteiger partial charge < -0.3 is 19.7 Å². The monoisotopic (exact) mass is 490 g/mol. The normalized spacial score (nSPS) is 16.1. The Morgan fingerprint density at radius 2 is 1.69 bits per heavy atom. The van der Waals surface area contributed by atoms with Crippen LogP contribution in [-0.2, 0) is 24.6 Å². The van der Waals surface area contributed by atoms with Crippen LogP contribution in [0.2, 0.25) is 0 Å². The molecule has 1 unspecified atom stereocenters. The van der Waals surface area contributed by atoms with Crippen molar-refractivity contribution in [3.05, 3.63) is 76.3 Å². The number of methoxy groups -OCH3 is 1. The van der Waals surface area contributed by atoms with Gasteiger partial charge in [0.05, 0.1) is 13.7 Å². The molecular formula is C29H34N2O5. The fourth-order valence-corrected chi connectivity index (χ4v) is 4.94. The lowest BCUT2D eigenvalue weighted by Gasteiger charge is -2.33. The third-order valence-electron chi connectivity index (χ3n) is 7.11. The minimum absolute atomic E-state index is 0.0136. The van der Waals surface area contributed by atoms with Gasteiger partial charge in [-0.05, 0) is 72.7 Å². The van der Waals surface area contributed by atoms with E-state index < -0.39 is 12.0 Å². The number of aliphatic hydroxyl groups is 1. The van der Waals surface area contributed by atoms with Crippen LogP contribution in [0.5, 0.6) is 11.8 Å². The number of nitrogens with zero attached hydrogens (tertiary/aromatic N) is 2. The zero-order valence-corrected chi connectivity index (χ0v) is 21.2. The third kappa shape index (κ3) is 5.53. The highest BCUT2D eigenvalue weighted by Crippen LogP contribution is 2.31. The number of pyridine rings is 1. The van der Waals surface area contributed by atoms with Gasteiger partial charge in [0.2, 0.25) is 11.8 Å². The van der Waals surface area contributed by atoms with Crippen LogP contribution in [0.4, 0.5) is 0 Å². The summed E-state index contributed by atoms with van der Waals surface area (Å²) in [6.45, 7) is 5.69. The van der Waals surface area contributed by atoms with E-state index in [-0.39, 0.29) is 6.61 Å². The zero-order valence-electron chi connectivity index (χ0n) is 21.2. The SMILES string of the molecule is COc1nc(OCc2cccc(-c3cccc(CO)c3C)c2C)ccc1CN1CCCCC1C(=O)O. The first kappa shape index (κ1) is 25.7. The topological polar surface area (TPSA) is 92.1 Å². The summed E-state index contributed by atoms with van der Waals surface area (Å²) in [6, 6.07) is 15.4. The second-order valence-electron chi connectivity index (χ2n) is 9.26. The molecular weight excluding hydrogens is 456 g/mol. The lowest BCUT2D eigenvalue weighted by atomic mass is 9.92. The molecule has 1 saturated heterocycles. The number of aliphatic hydroxyl groups excluding tert-OH is 1. The number of rotatable bonds is 9. The standard InChI is InChI=1S/C29H34N2O5/c1-19-22(17-32)8-6-10-24(19)25-11-7-9-23(20(25)2)18-36-27-14-13-21(28(30-27)35-3)16-31-15-5-4-12-26(31)29(33)34/h6-11,13-14,26,32H,4-5,12,15-18H2,1-3H3,(H,33,34). The van der Waals surface area contributed by atoms with Crippen molar-refractivity contribution in [2.45, 2.75) is 58.9 Å². The molecule has 36 heavy (non-hydrogen) atoms. The van der Waals surface area contributed by atoms with E-state index in [1.54, 1.807) is 7.11 Å². The summed E-state index contributed by atoms with van der Waals surface area (Å²) in [6.07, 6.45) is 2.58. The first-order valence-corrected chi connectivity index (χ1v) is 12.3. The Morgan fingerprint density at radius 3 is 2.36 bits per heavy atom. The number of carboxylic acid groups (broad SMARTS) is 1. The summed E-state index contributed by atoms with van der Waals surface area (Å²) in [7, 11) is 1.57. The summed E-state index contributed by atoms with van der Waals surface area (Å²) in [5, 5.41) is 19.2. The highest BCUT2D eigenvalue weighted by atomic mass is 16.5. The van der Waals surface area contributed by atoms with Gasteiger partial charge in [-0.15, -0.1) is 0 Å². The summed E-state index contributed by atoms with van der Waals surface area (Å²) in [5.41, 5.74) is 7.20. The Hall–Kier alpha value is -3.42. The maximum atomic E-state index is 11.7. The molecule has 0 aliphatic carbocycles. The fourth-order valence-electron chi connectivity index (χ4n) is 4.94. The van der Waals surface area contributed by atoms with Crippen LogP contribution in [0.1, 0.15) is 47.1 Å². The molecule has 0 saturated carbocycles. The molecule has 2 aromatic carbocycles. The average molecular weight is 491 g/mol. The quantitative estimate of drug-likeness (QED) is 0.441. The molecule has 1 aromatic heterocycles. The number of hydrogen-bond acceptors (Lipinski definition) is 6. The molecule has 0 amide bonds. The maximum Gasteiger partial charge on any atom is 0.320 e. The smallest absolute Gasteiger partial charge is 0.320 e. The first-order chi connectivity index (χ1) is 17.4. The number of piperidine rings is 1. The molecule has 0 radical (unpaired) electrons.